The molecule has 0 saturated carbocycles. The maximum Gasteiger partial charge on any atom is 0.312 e. The Morgan fingerprint density at radius 3 is 2.71 bits per heavy atom. The minimum absolute atomic E-state index is 0.498. The van der Waals surface area contributed by atoms with Gasteiger partial charge in [-0.1, -0.05) is 6.92 Å². The molecule has 0 aliphatic rings. The molecule has 0 heterocycles. The van der Waals surface area contributed by atoms with Crippen molar-refractivity contribution in [3.8, 4) is 0 Å². The van der Waals surface area contributed by atoms with Gasteiger partial charge in [-0.15, -0.1) is 0 Å². The largest absolute Gasteiger partial charge is 0.352 e. The SMILES string of the molecule is CC[CH]NC(N)=O. The molecule has 0 unspecified atom stereocenters. The zero-order valence-corrected chi connectivity index (χ0v) is 4.27. The van der Waals surface area contributed by atoms with Crippen LogP contribution < -0.4 is 11.1 Å². The van der Waals surface area contributed by atoms with Crippen molar-refractivity contribution in [3.63, 3.8) is 0 Å². The third kappa shape index (κ3) is 5.27. The van der Waals surface area contributed by atoms with E-state index in [2.05, 4.69) is 5.32 Å². The van der Waals surface area contributed by atoms with Crippen LogP contribution in [0.1, 0.15) is 13.3 Å². The predicted octanol–water partition coefficient (Wildman–Crippen LogP) is 0.226. The van der Waals surface area contributed by atoms with Crippen LogP contribution in [-0.2, 0) is 0 Å². The van der Waals surface area contributed by atoms with Gasteiger partial charge in [0.15, 0.2) is 0 Å². The van der Waals surface area contributed by atoms with Gasteiger partial charge in [-0.05, 0) is 6.42 Å². The van der Waals surface area contributed by atoms with E-state index in [0.29, 0.717) is 0 Å². The molecule has 0 saturated heterocycles. The molecule has 7 heavy (non-hydrogen) atoms. The molecule has 0 aliphatic carbocycles. The van der Waals surface area contributed by atoms with Crippen LogP contribution in [0.2, 0.25) is 0 Å². The standard InChI is InChI=1S/C4H9N2O/c1-2-3-6-4(5)7/h3H,2H2,1H3,(H3,5,6,7). The molecule has 41 valence electrons. The van der Waals surface area contributed by atoms with Crippen molar-refractivity contribution in [2.45, 2.75) is 13.3 Å². The van der Waals surface area contributed by atoms with E-state index in [9.17, 15) is 4.79 Å². The lowest BCUT2D eigenvalue weighted by atomic mass is 10.5. The average Bonchev–Trinajstić information content (AvgIpc) is 1.61. The summed E-state index contributed by atoms with van der Waals surface area (Å²) in [4.78, 5) is 9.84. The van der Waals surface area contributed by atoms with Crippen LogP contribution in [-0.4, -0.2) is 6.03 Å². The highest BCUT2D eigenvalue weighted by Crippen LogP contribution is 1.74. The maximum atomic E-state index is 9.84. The number of primary amides is 1. The second-order valence-electron chi connectivity index (χ2n) is 1.12. The van der Waals surface area contributed by atoms with Gasteiger partial charge < -0.3 is 11.1 Å². The first-order chi connectivity index (χ1) is 3.27. The minimum Gasteiger partial charge on any atom is -0.352 e. The van der Waals surface area contributed by atoms with Crippen LogP contribution in [0.5, 0.6) is 0 Å². The first kappa shape index (κ1) is 6.27. The van der Waals surface area contributed by atoms with Gasteiger partial charge in [-0.2, -0.15) is 0 Å². The molecule has 3 nitrogen and oxygen atoms in total. The first-order valence-corrected chi connectivity index (χ1v) is 2.15. The number of nitrogens with one attached hydrogen (secondary N) is 1. The van der Waals surface area contributed by atoms with Crippen LogP contribution in [0.25, 0.3) is 0 Å². The molecular weight excluding hydrogens is 92.1 g/mol. The van der Waals surface area contributed by atoms with E-state index in [1.165, 1.54) is 0 Å². The van der Waals surface area contributed by atoms with Gasteiger partial charge in [-0.25, -0.2) is 4.79 Å². The van der Waals surface area contributed by atoms with Crippen LogP contribution in [0.4, 0.5) is 4.79 Å². The Hall–Kier alpha value is -0.730. The van der Waals surface area contributed by atoms with Gasteiger partial charge in [0.05, 0.1) is 6.54 Å². The summed E-state index contributed by atoms with van der Waals surface area (Å²) in [5.41, 5.74) is 4.70. The highest BCUT2D eigenvalue weighted by molar-refractivity contribution is 5.72. The summed E-state index contributed by atoms with van der Waals surface area (Å²) < 4.78 is 0. The third-order valence-corrected chi connectivity index (χ3v) is 0.448. The quantitative estimate of drug-likeness (QED) is 0.514. The third-order valence-electron chi connectivity index (χ3n) is 0.448. The zero-order valence-electron chi connectivity index (χ0n) is 4.27. The molecule has 0 fully saturated rings. The number of rotatable bonds is 2. The summed E-state index contributed by atoms with van der Waals surface area (Å²) in [5, 5.41) is 2.31. The Morgan fingerprint density at radius 2 is 2.57 bits per heavy atom. The molecule has 0 atom stereocenters. The fourth-order valence-electron chi connectivity index (χ4n) is 0.203. The maximum absolute atomic E-state index is 9.84. The lowest BCUT2D eigenvalue weighted by Crippen LogP contribution is -2.26. The second-order valence-corrected chi connectivity index (χ2v) is 1.12. The molecule has 2 amide bonds. The van der Waals surface area contributed by atoms with Gasteiger partial charge in [0.2, 0.25) is 0 Å². The van der Waals surface area contributed by atoms with E-state index in [0.717, 1.165) is 6.42 Å². The lowest BCUT2D eigenvalue weighted by Gasteiger charge is -1.92. The zero-order chi connectivity index (χ0) is 5.70. The molecule has 3 heteroatoms. The fourth-order valence-corrected chi connectivity index (χ4v) is 0.203. The molecule has 0 spiro atoms. The van der Waals surface area contributed by atoms with Gasteiger partial charge >= 0.3 is 6.03 Å². The molecule has 0 aromatic rings. The molecule has 0 rings (SSSR count). The van der Waals surface area contributed by atoms with Crippen LogP contribution in [0, 0.1) is 6.54 Å². The Morgan fingerprint density at radius 1 is 2.00 bits per heavy atom. The minimum atomic E-state index is -0.498. The van der Waals surface area contributed by atoms with E-state index in [1.807, 2.05) is 6.92 Å². The number of urea groups is 1. The summed E-state index contributed by atoms with van der Waals surface area (Å²) in [6.07, 6.45) is 0.808. The predicted molar refractivity (Wildman–Crippen MR) is 27.3 cm³/mol. The molecule has 0 aromatic heterocycles. The summed E-state index contributed by atoms with van der Waals surface area (Å²) in [5.74, 6) is 0. The smallest absolute Gasteiger partial charge is 0.312 e. The highest BCUT2D eigenvalue weighted by Gasteiger charge is 1.84. The van der Waals surface area contributed by atoms with Crippen molar-refractivity contribution >= 4 is 6.03 Å². The van der Waals surface area contributed by atoms with Crippen LogP contribution >= 0.6 is 0 Å². The molecule has 0 bridgehead atoms. The fraction of sp³-hybridized carbons (Fsp3) is 0.500. The molecule has 0 aliphatic heterocycles. The summed E-state index contributed by atoms with van der Waals surface area (Å²) in [6.45, 7) is 3.51. The number of hydrogen-bond acceptors (Lipinski definition) is 1. The summed E-state index contributed by atoms with van der Waals surface area (Å²) in [6, 6.07) is -0.498. The number of amides is 2. The van der Waals surface area contributed by atoms with E-state index in [-0.39, 0.29) is 0 Å². The summed E-state index contributed by atoms with van der Waals surface area (Å²) in [7, 11) is 0. The van der Waals surface area contributed by atoms with Crippen molar-refractivity contribution in [1.29, 1.82) is 0 Å². The number of hydrogen-bond donors (Lipinski definition) is 2. The van der Waals surface area contributed by atoms with Crippen LogP contribution in [0.3, 0.4) is 0 Å². The van der Waals surface area contributed by atoms with Crippen molar-refractivity contribution < 1.29 is 4.79 Å². The van der Waals surface area contributed by atoms with E-state index in [1.54, 1.807) is 6.54 Å². The highest BCUT2D eigenvalue weighted by atomic mass is 16.2. The van der Waals surface area contributed by atoms with Crippen molar-refractivity contribution in [3.05, 3.63) is 6.54 Å². The summed E-state index contributed by atoms with van der Waals surface area (Å²) >= 11 is 0. The van der Waals surface area contributed by atoms with E-state index < -0.39 is 6.03 Å². The van der Waals surface area contributed by atoms with Gasteiger partial charge in [0.25, 0.3) is 0 Å². The van der Waals surface area contributed by atoms with E-state index in [4.69, 9.17) is 5.73 Å². The van der Waals surface area contributed by atoms with Crippen molar-refractivity contribution in [1.82, 2.24) is 5.32 Å². The van der Waals surface area contributed by atoms with Crippen molar-refractivity contribution in [2.75, 3.05) is 0 Å². The van der Waals surface area contributed by atoms with E-state index >= 15 is 0 Å². The van der Waals surface area contributed by atoms with Crippen LogP contribution in [0.15, 0.2) is 0 Å². The Kier molecular flexibility index (Phi) is 3.10. The number of carbonyl (C=O) groups is 1. The first-order valence-electron chi connectivity index (χ1n) is 2.15. The molecule has 1 radical (unpaired) electrons. The topological polar surface area (TPSA) is 55.1 Å². The second kappa shape index (κ2) is 3.46. The van der Waals surface area contributed by atoms with Gasteiger partial charge in [0, 0.05) is 0 Å². The number of carbonyl (C=O) groups excluding carboxylic acids is 1. The van der Waals surface area contributed by atoms with Gasteiger partial charge in [0.1, 0.15) is 0 Å². The number of nitrogens with two attached hydrogens (primary N) is 1. The normalized spacial score (nSPS) is 8.14. The van der Waals surface area contributed by atoms with Gasteiger partial charge in [-0.3, -0.25) is 0 Å². The monoisotopic (exact) mass is 101 g/mol. The van der Waals surface area contributed by atoms with Crippen molar-refractivity contribution in [2.24, 2.45) is 5.73 Å². The average molecular weight is 101 g/mol. The Labute approximate surface area is 42.9 Å². The lowest BCUT2D eigenvalue weighted by molar-refractivity contribution is 0.250. The molecule has 3 N–H and O–H groups in total. The molecule has 0 aromatic carbocycles. The molecular formula is C4H9N2O. The Balaban J connectivity index is 2.82. The Bertz CT molecular complexity index is 62.7.